The lowest BCUT2D eigenvalue weighted by Crippen LogP contribution is -2.30. The lowest BCUT2D eigenvalue weighted by Gasteiger charge is -2.25. The normalized spacial score (nSPS) is 28.9. The van der Waals surface area contributed by atoms with Crippen LogP contribution in [0.15, 0.2) is 53.6 Å². The molecule has 0 radical (unpaired) electrons. The average molecular weight is 237 g/mol. The van der Waals surface area contributed by atoms with E-state index < -0.39 is 5.60 Å². The van der Waals surface area contributed by atoms with E-state index in [2.05, 4.69) is 0 Å². The van der Waals surface area contributed by atoms with Crippen LogP contribution in [0.4, 0.5) is 0 Å². The molecule has 0 aliphatic heterocycles. The van der Waals surface area contributed by atoms with Gasteiger partial charge in [-0.25, -0.2) is 0 Å². The lowest BCUT2D eigenvalue weighted by molar-refractivity contribution is 0.0660. The number of rotatable bonds is 2. The molecule has 0 amide bonds. The average Bonchev–Trinajstić information content (AvgIpc) is 2.30. The monoisotopic (exact) mass is 236 g/mol. The van der Waals surface area contributed by atoms with Gasteiger partial charge in [-0.15, -0.1) is 0 Å². The summed E-state index contributed by atoms with van der Waals surface area (Å²) in [6.07, 6.45) is 4.89. The van der Waals surface area contributed by atoms with Gasteiger partial charge in [0.25, 0.3) is 0 Å². The van der Waals surface area contributed by atoms with E-state index in [0.29, 0.717) is 5.03 Å². The van der Waals surface area contributed by atoms with Gasteiger partial charge in [0.15, 0.2) is 0 Å². The molecule has 1 aromatic rings. The summed E-state index contributed by atoms with van der Waals surface area (Å²) < 4.78 is 0. The minimum Gasteiger partial charge on any atom is -0.393 e. The third kappa shape index (κ3) is 2.19. The van der Waals surface area contributed by atoms with Crippen molar-refractivity contribution in [2.24, 2.45) is 0 Å². The maximum Gasteiger partial charge on any atom is 0.125 e. The van der Waals surface area contributed by atoms with E-state index >= 15 is 0 Å². The Kier molecular flexibility index (Phi) is 3.15. The molecule has 0 aromatic heterocycles. The molecule has 84 valence electrons. The van der Waals surface area contributed by atoms with Gasteiger partial charge in [0.1, 0.15) is 5.60 Å². The molecule has 1 aromatic carbocycles. The highest BCUT2D eigenvalue weighted by Crippen LogP contribution is 2.34. The van der Waals surface area contributed by atoms with Crippen LogP contribution in [0.3, 0.4) is 0 Å². The van der Waals surface area contributed by atoms with Crippen molar-refractivity contribution in [1.82, 2.24) is 0 Å². The number of aliphatic hydroxyl groups excluding tert-OH is 1. The van der Waals surface area contributed by atoms with Crippen LogP contribution in [0, 0.1) is 0 Å². The fourth-order valence-electron chi connectivity index (χ4n) is 1.76. The quantitative estimate of drug-likeness (QED) is 0.773. The summed E-state index contributed by atoms with van der Waals surface area (Å²) >= 11 is 6.12. The number of benzene rings is 1. The van der Waals surface area contributed by atoms with Gasteiger partial charge in [-0.1, -0.05) is 48.0 Å². The van der Waals surface area contributed by atoms with Crippen molar-refractivity contribution in [3.05, 3.63) is 59.2 Å². The van der Waals surface area contributed by atoms with Crippen LogP contribution in [0.1, 0.15) is 11.5 Å². The molecule has 0 fully saturated rings. The summed E-state index contributed by atoms with van der Waals surface area (Å²) in [5, 5.41) is 19.4. The van der Waals surface area contributed by atoms with Crippen LogP contribution in [0.25, 0.3) is 0 Å². The highest BCUT2D eigenvalue weighted by Gasteiger charge is 2.27. The highest BCUT2D eigenvalue weighted by molar-refractivity contribution is 6.30. The van der Waals surface area contributed by atoms with E-state index in [1.165, 1.54) is 6.08 Å². The van der Waals surface area contributed by atoms with Crippen molar-refractivity contribution >= 4 is 11.6 Å². The van der Waals surface area contributed by atoms with Crippen molar-refractivity contribution in [3.63, 3.8) is 0 Å². The second-order valence-corrected chi connectivity index (χ2v) is 4.36. The van der Waals surface area contributed by atoms with Gasteiger partial charge < -0.3 is 10.2 Å². The summed E-state index contributed by atoms with van der Waals surface area (Å²) in [6.45, 7) is -0.360. The van der Waals surface area contributed by atoms with Gasteiger partial charge in [0.05, 0.1) is 6.61 Å². The first-order valence-corrected chi connectivity index (χ1v) is 5.48. The number of allylic oxidation sites excluding steroid dienone is 2. The van der Waals surface area contributed by atoms with E-state index in [0.717, 1.165) is 5.56 Å². The molecule has 0 saturated heterocycles. The topological polar surface area (TPSA) is 40.5 Å². The van der Waals surface area contributed by atoms with E-state index in [1.807, 2.05) is 36.4 Å². The van der Waals surface area contributed by atoms with Crippen LogP contribution in [0.2, 0.25) is 0 Å². The van der Waals surface area contributed by atoms with Gasteiger partial charge in [-0.05, 0) is 17.7 Å². The molecule has 2 nitrogen and oxygen atoms in total. The largest absolute Gasteiger partial charge is 0.393 e. The Morgan fingerprint density at radius 3 is 2.50 bits per heavy atom. The summed E-state index contributed by atoms with van der Waals surface area (Å²) in [7, 11) is 0. The first-order valence-electron chi connectivity index (χ1n) is 5.10. The second kappa shape index (κ2) is 4.42. The second-order valence-electron chi connectivity index (χ2n) is 3.93. The van der Waals surface area contributed by atoms with Crippen molar-refractivity contribution < 1.29 is 10.2 Å². The lowest BCUT2D eigenvalue weighted by atomic mass is 9.88. The van der Waals surface area contributed by atoms with Crippen molar-refractivity contribution in [1.29, 1.82) is 0 Å². The molecular formula is C13H13ClO2. The summed E-state index contributed by atoms with van der Waals surface area (Å²) in [5.41, 5.74) is -0.248. The van der Waals surface area contributed by atoms with E-state index in [-0.39, 0.29) is 12.5 Å². The van der Waals surface area contributed by atoms with Gasteiger partial charge >= 0.3 is 0 Å². The zero-order valence-corrected chi connectivity index (χ0v) is 9.43. The molecule has 2 rings (SSSR count). The summed E-state index contributed by atoms with van der Waals surface area (Å²) in [6, 6.07) is 9.79. The highest BCUT2D eigenvalue weighted by atomic mass is 35.5. The van der Waals surface area contributed by atoms with Gasteiger partial charge in [0.2, 0.25) is 0 Å². The maximum absolute atomic E-state index is 9.82. The third-order valence-electron chi connectivity index (χ3n) is 2.67. The standard InChI is InChI=1S/C13H13ClO2/c14-12-8-13(16,9-15)7-6-11(12)10-4-2-1-3-5-10/h1-8,11,15-16H,9H2. The zero-order valence-electron chi connectivity index (χ0n) is 8.68. The van der Waals surface area contributed by atoms with Crippen molar-refractivity contribution in [2.45, 2.75) is 11.5 Å². The van der Waals surface area contributed by atoms with Crippen LogP contribution in [0.5, 0.6) is 0 Å². The molecule has 1 aliphatic rings. The summed E-state index contributed by atoms with van der Waals surface area (Å²) in [4.78, 5) is 0. The van der Waals surface area contributed by atoms with E-state index in [4.69, 9.17) is 16.7 Å². The zero-order chi connectivity index (χ0) is 11.6. The SMILES string of the molecule is OCC1(O)C=CC(c2ccccc2)C(Cl)=C1. The Hall–Kier alpha value is -1.09. The third-order valence-corrected chi connectivity index (χ3v) is 3.02. The first kappa shape index (κ1) is 11.4. The van der Waals surface area contributed by atoms with Crippen LogP contribution in [-0.2, 0) is 0 Å². The molecule has 2 N–H and O–H groups in total. The number of hydrogen-bond acceptors (Lipinski definition) is 2. The molecule has 3 heteroatoms. The van der Waals surface area contributed by atoms with Gasteiger partial charge in [0, 0.05) is 11.0 Å². The molecule has 16 heavy (non-hydrogen) atoms. The molecule has 1 aliphatic carbocycles. The van der Waals surface area contributed by atoms with Crippen molar-refractivity contribution in [3.8, 4) is 0 Å². The number of aliphatic hydroxyl groups is 2. The Morgan fingerprint density at radius 2 is 1.94 bits per heavy atom. The van der Waals surface area contributed by atoms with Gasteiger partial charge in [-0.2, -0.15) is 0 Å². The molecule has 2 unspecified atom stereocenters. The Balaban J connectivity index is 2.29. The van der Waals surface area contributed by atoms with Crippen LogP contribution in [-0.4, -0.2) is 22.4 Å². The summed E-state index contributed by atoms with van der Waals surface area (Å²) in [5.74, 6) is -0.0327. The first-order chi connectivity index (χ1) is 7.64. The smallest absolute Gasteiger partial charge is 0.125 e. The number of halogens is 1. The number of hydrogen-bond donors (Lipinski definition) is 2. The fourth-order valence-corrected chi connectivity index (χ4v) is 2.15. The minimum absolute atomic E-state index is 0.0327. The Morgan fingerprint density at radius 1 is 1.25 bits per heavy atom. The van der Waals surface area contributed by atoms with Gasteiger partial charge in [-0.3, -0.25) is 0 Å². The van der Waals surface area contributed by atoms with Crippen LogP contribution >= 0.6 is 11.6 Å². The molecular weight excluding hydrogens is 224 g/mol. The Labute approximate surface area is 99.5 Å². The predicted octanol–water partition coefficient (Wildman–Crippen LogP) is 2.19. The van der Waals surface area contributed by atoms with Crippen molar-refractivity contribution in [2.75, 3.05) is 6.61 Å². The predicted molar refractivity (Wildman–Crippen MR) is 64.3 cm³/mol. The molecule has 0 saturated carbocycles. The van der Waals surface area contributed by atoms with E-state index in [1.54, 1.807) is 6.08 Å². The Bertz CT molecular complexity index is 425. The molecule has 0 spiro atoms. The molecule has 0 heterocycles. The van der Waals surface area contributed by atoms with Crippen LogP contribution < -0.4 is 0 Å². The van der Waals surface area contributed by atoms with E-state index in [9.17, 15) is 5.11 Å². The molecule has 0 bridgehead atoms. The molecule has 2 atom stereocenters. The maximum atomic E-state index is 9.82. The minimum atomic E-state index is -1.32. The fraction of sp³-hybridized carbons (Fsp3) is 0.231.